The Morgan fingerprint density at radius 3 is 2.63 bits per heavy atom. The van der Waals surface area contributed by atoms with Crippen LogP contribution in [0.5, 0.6) is 0 Å². The molecule has 0 saturated carbocycles. The monoisotopic (exact) mass is 283 g/mol. The molecular weight excluding hydrogens is 266 g/mol. The standard InChI is InChI=1S/C12H17N3O3S/c13-7-3-8(5-10(4-7)19(14,16)17)15-11-6-9-1-2-12(11)18-9/h3-5,9,11-12,15H,1-2,6,13H2,(H2,14,16,17). The highest BCUT2D eigenvalue weighted by Gasteiger charge is 2.40. The average molecular weight is 283 g/mol. The van der Waals surface area contributed by atoms with Crippen LogP contribution in [-0.4, -0.2) is 26.7 Å². The van der Waals surface area contributed by atoms with Crippen LogP contribution >= 0.6 is 0 Å². The van der Waals surface area contributed by atoms with Crippen molar-refractivity contribution in [3.63, 3.8) is 0 Å². The van der Waals surface area contributed by atoms with Crippen molar-refractivity contribution in [3.05, 3.63) is 18.2 Å². The van der Waals surface area contributed by atoms with E-state index in [0.29, 0.717) is 17.5 Å². The second-order valence-corrected chi connectivity index (χ2v) is 6.76. The Bertz CT molecular complexity index is 602. The average Bonchev–Trinajstić information content (AvgIpc) is 2.88. The topological polar surface area (TPSA) is 107 Å². The van der Waals surface area contributed by atoms with Crippen molar-refractivity contribution < 1.29 is 13.2 Å². The fourth-order valence-electron chi connectivity index (χ4n) is 2.87. The van der Waals surface area contributed by atoms with E-state index in [9.17, 15) is 8.42 Å². The second-order valence-electron chi connectivity index (χ2n) is 5.20. The summed E-state index contributed by atoms with van der Waals surface area (Å²) < 4.78 is 28.5. The molecule has 0 aromatic heterocycles. The summed E-state index contributed by atoms with van der Waals surface area (Å²) >= 11 is 0. The fraction of sp³-hybridized carbons (Fsp3) is 0.500. The summed E-state index contributed by atoms with van der Waals surface area (Å²) in [6.07, 6.45) is 3.66. The van der Waals surface area contributed by atoms with E-state index in [1.807, 2.05) is 0 Å². The number of benzene rings is 1. The summed E-state index contributed by atoms with van der Waals surface area (Å²) in [4.78, 5) is 0.0269. The summed E-state index contributed by atoms with van der Waals surface area (Å²) in [7, 11) is -3.74. The van der Waals surface area contributed by atoms with E-state index in [1.165, 1.54) is 12.1 Å². The minimum absolute atomic E-state index is 0.0269. The van der Waals surface area contributed by atoms with E-state index < -0.39 is 10.0 Å². The molecule has 1 aromatic rings. The maximum atomic E-state index is 11.4. The van der Waals surface area contributed by atoms with Crippen molar-refractivity contribution in [1.82, 2.24) is 0 Å². The van der Waals surface area contributed by atoms with E-state index in [-0.39, 0.29) is 17.0 Å². The lowest BCUT2D eigenvalue weighted by Crippen LogP contribution is -2.30. The highest BCUT2D eigenvalue weighted by atomic mass is 32.2. The van der Waals surface area contributed by atoms with Crippen molar-refractivity contribution in [2.24, 2.45) is 5.14 Å². The zero-order valence-electron chi connectivity index (χ0n) is 10.4. The smallest absolute Gasteiger partial charge is 0.238 e. The first-order valence-corrected chi connectivity index (χ1v) is 7.82. The van der Waals surface area contributed by atoms with Crippen LogP contribution in [0.25, 0.3) is 0 Å². The molecule has 6 nitrogen and oxygen atoms in total. The zero-order chi connectivity index (χ0) is 13.6. The number of nitrogen functional groups attached to an aromatic ring is 1. The van der Waals surface area contributed by atoms with Crippen LogP contribution in [0.4, 0.5) is 11.4 Å². The first kappa shape index (κ1) is 12.7. The summed E-state index contributed by atoms with van der Waals surface area (Å²) in [6.45, 7) is 0. The predicted octanol–water partition coefficient (Wildman–Crippen LogP) is 0.648. The number of hydrogen-bond donors (Lipinski definition) is 3. The third kappa shape index (κ3) is 2.54. The molecule has 2 bridgehead atoms. The molecular formula is C12H17N3O3S. The molecule has 3 unspecified atom stereocenters. The van der Waals surface area contributed by atoms with Gasteiger partial charge < -0.3 is 15.8 Å². The molecule has 0 spiro atoms. The summed E-state index contributed by atoms with van der Waals surface area (Å²) in [5, 5.41) is 8.43. The van der Waals surface area contributed by atoms with Crippen LogP contribution < -0.4 is 16.2 Å². The number of hydrogen-bond acceptors (Lipinski definition) is 5. The molecule has 2 fully saturated rings. The molecule has 2 heterocycles. The minimum Gasteiger partial charge on any atom is -0.399 e. The Balaban J connectivity index is 1.83. The molecule has 2 aliphatic heterocycles. The van der Waals surface area contributed by atoms with Crippen LogP contribution in [0.15, 0.2) is 23.1 Å². The van der Waals surface area contributed by atoms with Crippen molar-refractivity contribution >= 4 is 21.4 Å². The number of rotatable bonds is 3. The maximum Gasteiger partial charge on any atom is 0.238 e. The van der Waals surface area contributed by atoms with Gasteiger partial charge >= 0.3 is 0 Å². The number of fused-ring (bicyclic) bond motifs is 2. The van der Waals surface area contributed by atoms with E-state index in [0.717, 1.165) is 19.3 Å². The highest BCUT2D eigenvalue weighted by Crippen LogP contribution is 2.36. The Morgan fingerprint density at radius 1 is 1.26 bits per heavy atom. The molecule has 0 radical (unpaired) electrons. The third-order valence-electron chi connectivity index (χ3n) is 3.72. The quantitative estimate of drug-likeness (QED) is 0.706. The Hall–Kier alpha value is -1.31. The van der Waals surface area contributed by atoms with Gasteiger partial charge in [-0.05, 0) is 37.5 Å². The number of sulfonamides is 1. The Morgan fingerprint density at radius 2 is 2.05 bits per heavy atom. The largest absolute Gasteiger partial charge is 0.399 e. The van der Waals surface area contributed by atoms with Crippen LogP contribution in [0.2, 0.25) is 0 Å². The van der Waals surface area contributed by atoms with Gasteiger partial charge in [0.15, 0.2) is 0 Å². The second kappa shape index (κ2) is 4.36. The molecule has 2 aliphatic rings. The van der Waals surface area contributed by atoms with E-state index in [4.69, 9.17) is 15.6 Å². The number of nitrogens with two attached hydrogens (primary N) is 2. The van der Waals surface area contributed by atoms with Crippen LogP contribution in [0.1, 0.15) is 19.3 Å². The Labute approximate surface area is 112 Å². The molecule has 5 N–H and O–H groups in total. The first-order valence-electron chi connectivity index (χ1n) is 6.27. The molecule has 3 atom stereocenters. The van der Waals surface area contributed by atoms with Gasteiger partial charge in [0.25, 0.3) is 0 Å². The lowest BCUT2D eigenvalue weighted by atomic mass is 9.95. The molecule has 0 aliphatic carbocycles. The summed E-state index contributed by atoms with van der Waals surface area (Å²) in [6, 6.07) is 4.80. The molecule has 2 saturated heterocycles. The molecule has 104 valence electrons. The van der Waals surface area contributed by atoms with Crippen LogP contribution in [0.3, 0.4) is 0 Å². The summed E-state index contributed by atoms with van der Waals surface area (Å²) in [5.74, 6) is 0. The molecule has 19 heavy (non-hydrogen) atoms. The van der Waals surface area contributed by atoms with Crippen molar-refractivity contribution in [2.75, 3.05) is 11.1 Å². The molecule has 3 rings (SSSR count). The van der Waals surface area contributed by atoms with E-state index in [1.54, 1.807) is 6.07 Å². The van der Waals surface area contributed by atoms with Gasteiger partial charge in [-0.1, -0.05) is 0 Å². The van der Waals surface area contributed by atoms with Gasteiger partial charge in [0.1, 0.15) is 0 Å². The molecule has 7 heteroatoms. The number of anilines is 2. The lowest BCUT2D eigenvalue weighted by molar-refractivity contribution is 0.102. The summed E-state index contributed by atoms with van der Waals surface area (Å²) in [5.41, 5.74) is 6.76. The maximum absolute atomic E-state index is 11.4. The van der Waals surface area contributed by atoms with Crippen LogP contribution in [-0.2, 0) is 14.8 Å². The minimum atomic E-state index is -3.74. The van der Waals surface area contributed by atoms with Gasteiger partial charge in [-0.3, -0.25) is 0 Å². The van der Waals surface area contributed by atoms with Gasteiger partial charge in [0.05, 0.1) is 23.1 Å². The van der Waals surface area contributed by atoms with E-state index >= 15 is 0 Å². The zero-order valence-corrected chi connectivity index (χ0v) is 11.2. The van der Waals surface area contributed by atoms with Crippen molar-refractivity contribution in [3.8, 4) is 0 Å². The van der Waals surface area contributed by atoms with Crippen LogP contribution in [0, 0.1) is 0 Å². The van der Waals surface area contributed by atoms with Gasteiger partial charge in [-0.2, -0.15) is 0 Å². The first-order chi connectivity index (χ1) is 8.91. The molecule has 1 aromatic carbocycles. The van der Waals surface area contributed by atoms with Gasteiger partial charge in [0.2, 0.25) is 10.0 Å². The van der Waals surface area contributed by atoms with Crippen molar-refractivity contribution in [1.29, 1.82) is 0 Å². The van der Waals surface area contributed by atoms with Gasteiger partial charge in [-0.15, -0.1) is 0 Å². The van der Waals surface area contributed by atoms with E-state index in [2.05, 4.69) is 5.32 Å². The number of ether oxygens (including phenoxy) is 1. The highest BCUT2D eigenvalue weighted by molar-refractivity contribution is 7.89. The Kier molecular flexibility index (Phi) is 2.92. The number of primary sulfonamides is 1. The SMILES string of the molecule is Nc1cc(NC2CC3CCC2O3)cc(S(N)(=O)=O)c1. The number of nitrogens with one attached hydrogen (secondary N) is 1. The van der Waals surface area contributed by atoms with Crippen molar-refractivity contribution in [2.45, 2.75) is 42.4 Å². The normalized spacial score (nSPS) is 29.6. The predicted molar refractivity (Wildman–Crippen MR) is 72.2 cm³/mol. The van der Waals surface area contributed by atoms with Gasteiger partial charge in [-0.25, -0.2) is 13.6 Å². The van der Waals surface area contributed by atoms with Gasteiger partial charge in [0, 0.05) is 11.4 Å². The molecule has 0 amide bonds. The lowest BCUT2D eigenvalue weighted by Gasteiger charge is -2.21. The fourth-order valence-corrected chi connectivity index (χ4v) is 3.47. The third-order valence-corrected chi connectivity index (χ3v) is 4.61.